The van der Waals surface area contributed by atoms with Crippen molar-refractivity contribution in [3.05, 3.63) is 58.9 Å². The van der Waals surface area contributed by atoms with Crippen LogP contribution in [-0.4, -0.2) is 45.8 Å². The summed E-state index contributed by atoms with van der Waals surface area (Å²) in [6.45, 7) is 1.79. The molecule has 0 saturated carbocycles. The molecule has 0 aliphatic heterocycles. The van der Waals surface area contributed by atoms with Crippen LogP contribution in [0.4, 0.5) is 5.69 Å². The third-order valence-electron chi connectivity index (χ3n) is 3.83. The van der Waals surface area contributed by atoms with Gasteiger partial charge in [0.1, 0.15) is 4.88 Å². The van der Waals surface area contributed by atoms with Crippen molar-refractivity contribution in [1.29, 1.82) is 0 Å². The Bertz CT molecular complexity index is 952. The van der Waals surface area contributed by atoms with E-state index in [9.17, 15) is 9.59 Å². The topological polar surface area (TPSA) is 88.1 Å². The Morgan fingerprint density at radius 2 is 1.78 bits per heavy atom. The van der Waals surface area contributed by atoms with Crippen molar-refractivity contribution in [2.24, 2.45) is 0 Å². The average molecular weight is 381 g/mol. The van der Waals surface area contributed by atoms with Crippen LogP contribution >= 0.6 is 11.3 Å². The second-order valence-electron chi connectivity index (χ2n) is 6.12. The third kappa shape index (κ3) is 4.53. The first-order chi connectivity index (χ1) is 12.9. The van der Waals surface area contributed by atoms with Gasteiger partial charge in [-0.2, -0.15) is 0 Å². The Kier molecular flexibility index (Phi) is 5.56. The van der Waals surface area contributed by atoms with Crippen molar-refractivity contribution in [2.75, 3.05) is 19.4 Å². The molecular weight excluding hydrogens is 362 g/mol. The maximum absolute atomic E-state index is 12.6. The minimum Gasteiger partial charge on any atom is -0.349 e. The molecule has 2 heterocycles. The molecule has 27 heavy (non-hydrogen) atoms. The molecule has 0 spiro atoms. The summed E-state index contributed by atoms with van der Waals surface area (Å²) >= 11 is 1.26. The number of thiazole rings is 1. The van der Waals surface area contributed by atoms with E-state index in [0.717, 1.165) is 5.56 Å². The molecule has 0 aliphatic carbocycles. The van der Waals surface area contributed by atoms with Crippen molar-refractivity contribution < 1.29 is 9.59 Å². The monoisotopic (exact) mass is 381 g/mol. The number of rotatable bonds is 5. The highest BCUT2D eigenvalue weighted by atomic mass is 32.1. The fourth-order valence-corrected chi connectivity index (χ4v) is 3.25. The molecule has 1 N–H and O–H groups in total. The van der Waals surface area contributed by atoms with E-state index in [-0.39, 0.29) is 11.8 Å². The first-order valence-corrected chi connectivity index (χ1v) is 9.11. The van der Waals surface area contributed by atoms with E-state index < -0.39 is 0 Å². The van der Waals surface area contributed by atoms with Gasteiger partial charge in [-0.3, -0.25) is 9.59 Å². The molecule has 8 heteroatoms. The van der Waals surface area contributed by atoms with Crippen LogP contribution in [0.3, 0.4) is 0 Å². The normalized spacial score (nSPS) is 10.5. The Morgan fingerprint density at radius 1 is 1.11 bits per heavy atom. The number of benzene rings is 1. The molecular formula is C19H19N5O2S. The SMILES string of the molecule is Cc1nc(-c2ncccn2)sc1C(=O)Nc1ccc(CC(=O)N(C)C)cc1. The highest BCUT2D eigenvalue weighted by Gasteiger charge is 2.17. The number of carbonyl (C=O) groups is 2. The van der Waals surface area contributed by atoms with Crippen LogP contribution in [-0.2, 0) is 11.2 Å². The smallest absolute Gasteiger partial charge is 0.267 e. The quantitative estimate of drug-likeness (QED) is 0.734. The fourth-order valence-electron chi connectivity index (χ4n) is 2.34. The Hall–Kier alpha value is -3.13. The molecule has 0 unspecified atom stereocenters. The van der Waals surface area contributed by atoms with Gasteiger partial charge in [0.15, 0.2) is 10.8 Å². The summed E-state index contributed by atoms with van der Waals surface area (Å²) in [5, 5.41) is 3.47. The third-order valence-corrected chi connectivity index (χ3v) is 4.98. The number of nitrogens with zero attached hydrogens (tertiary/aromatic N) is 4. The molecule has 1 aromatic carbocycles. The number of aryl methyl sites for hydroxylation is 1. The zero-order chi connectivity index (χ0) is 19.4. The van der Waals surface area contributed by atoms with Gasteiger partial charge < -0.3 is 10.2 Å². The summed E-state index contributed by atoms with van der Waals surface area (Å²) in [6, 6.07) is 8.97. The van der Waals surface area contributed by atoms with Crippen LogP contribution < -0.4 is 5.32 Å². The second kappa shape index (κ2) is 8.05. The van der Waals surface area contributed by atoms with E-state index in [1.165, 1.54) is 11.3 Å². The van der Waals surface area contributed by atoms with E-state index in [2.05, 4.69) is 20.3 Å². The average Bonchev–Trinajstić information content (AvgIpc) is 3.06. The molecule has 3 rings (SSSR count). The first-order valence-electron chi connectivity index (χ1n) is 8.29. The summed E-state index contributed by atoms with van der Waals surface area (Å²) in [7, 11) is 3.45. The lowest BCUT2D eigenvalue weighted by Gasteiger charge is -2.10. The summed E-state index contributed by atoms with van der Waals surface area (Å²) in [4.78, 5) is 39.1. The van der Waals surface area contributed by atoms with Gasteiger partial charge in [-0.15, -0.1) is 11.3 Å². The van der Waals surface area contributed by atoms with Crippen molar-refractivity contribution in [2.45, 2.75) is 13.3 Å². The van der Waals surface area contributed by atoms with Crippen LogP contribution in [0.5, 0.6) is 0 Å². The van der Waals surface area contributed by atoms with E-state index in [1.54, 1.807) is 56.5 Å². The number of hydrogen-bond acceptors (Lipinski definition) is 6. The minimum absolute atomic E-state index is 0.0303. The summed E-state index contributed by atoms with van der Waals surface area (Å²) in [6.07, 6.45) is 3.61. The molecule has 0 aliphatic rings. The largest absolute Gasteiger partial charge is 0.349 e. The van der Waals surface area contributed by atoms with Crippen LogP contribution in [0.25, 0.3) is 10.8 Å². The van der Waals surface area contributed by atoms with Crippen molar-refractivity contribution in [3.63, 3.8) is 0 Å². The number of hydrogen-bond donors (Lipinski definition) is 1. The van der Waals surface area contributed by atoms with Gasteiger partial charge in [0.2, 0.25) is 5.91 Å². The molecule has 0 bridgehead atoms. The maximum Gasteiger partial charge on any atom is 0.267 e. The van der Waals surface area contributed by atoms with Gasteiger partial charge in [-0.05, 0) is 30.7 Å². The maximum atomic E-state index is 12.6. The van der Waals surface area contributed by atoms with Gasteiger partial charge in [0, 0.05) is 32.2 Å². The summed E-state index contributed by atoms with van der Waals surface area (Å²) < 4.78 is 0. The second-order valence-corrected chi connectivity index (χ2v) is 7.12. The predicted octanol–water partition coefficient (Wildman–Crippen LogP) is 2.79. The van der Waals surface area contributed by atoms with Crippen molar-refractivity contribution in [3.8, 4) is 10.8 Å². The standard InChI is InChI=1S/C19H19N5O2S/c1-12-16(27-19(22-12)17-20-9-4-10-21-17)18(26)23-14-7-5-13(6-8-14)11-15(25)24(2)3/h4-10H,11H2,1-3H3,(H,23,26). The van der Waals surface area contributed by atoms with Gasteiger partial charge >= 0.3 is 0 Å². The van der Waals surface area contributed by atoms with E-state index in [1.807, 2.05) is 12.1 Å². The highest BCUT2D eigenvalue weighted by Crippen LogP contribution is 2.26. The highest BCUT2D eigenvalue weighted by molar-refractivity contribution is 7.17. The lowest BCUT2D eigenvalue weighted by atomic mass is 10.1. The summed E-state index contributed by atoms with van der Waals surface area (Å²) in [5.74, 6) is 0.298. The number of likely N-dealkylation sites (N-methyl/N-ethyl adjacent to an activating group) is 1. The van der Waals surface area contributed by atoms with Crippen molar-refractivity contribution >= 4 is 28.8 Å². The molecule has 2 amide bonds. The lowest BCUT2D eigenvalue weighted by Crippen LogP contribution is -2.23. The van der Waals surface area contributed by atoms with E-state index in [0.29, 0.717) is 33.5 Å². The first kappa shape index (κ1) is 18.7. The Morgan fingerprint density at radius 3 is 2.41 bits per heavy atom. The molecule has 0 radical (unpaired) electrons. The summed E-state index contributed by atoms with van der Waals surface area (Å²) in [5.41, 5.74) is 2.18. The van der Waals surface area contributed by atoms with Crippen molar-refractivity contribution in [1.82, 2.24) is 19.9 Å². The van der Waals surface area contributed by atoms with Crippen LogP contribution in [0, 0.1) is 6.92 Å². The van der Waals surface area contributed by atoms with Crippen LogP contribution in [0.15, 0.2) is 42.7 Å². The molecule has 2 aromatic heterocycles. The zero-order valence-electron chi connectivity index (χ0n) is 15.3. The van der Waals surface area contributed by atoms with Gasteiger partial charge in [0.25, 0.3) is 5.91 Å². The molecule has 0 atom stereocenters. The number of nitrogens with one attached hydrogen (secondary N) is 1. The number of amides is 2. The van der Waals surface area contributed by atoms with Gasteiger partial charge in [-0.25, -0.2) is 15.0 Å². The molecule has 7 nitrogen and oxygen atoms in total. The zero-order valence-corrected chi connectivity index (χ0v) is 16.1. The predicted molar refractivity (Wildman–Crippen MR) is 105 cm³/mol. The fraction of sp³-hybridized carbons (Fsp3) is 0.211. The van der Waals surface area contributed by atoms with Gasteiger partial charge in [-0.1, -0.05) is 12.1 Å². The lowest BCUT2D eigenvalue weighted by molar-refractivity contribution is -0.127. The number of anilines is 1. The molecule has 138 valence electrons. The number of aromatic nitrogens is 3. The van der Waals surface area contributed by atoms with Crippen LogP contribution in [0.1, 0.15) is 20.9 Å². The Balaban J connectivity index is 1.70. The molecule has 3 aromatic rings. The van der Waals surface area contributed by atoms with E-state index in [4.69, 9.17) is 0 Å². The van der Waals surface area contributed by atoms with Crippen LogP contribution in [0.2, 0.25) is 0 Å². The van der Waals surface area contributed by atoms with Gasteiger partial charge in [0.05, 0.1) is 12.1 Å². The minimum atomic E-state index is -0.232. The number of carbonyl (C=O) groups excluding carboxylic acids is 2. The molecule has 0 saturated heterocycles. The molecule has 0 fully saturated rings. The van der Waals surface area contributed by atoms with E-state index >= 15 is 0 Å². The Labute approximate surface area is 161 Å².